The van der Waals surface area contributed by atoms with Gasteiger partial charge in [0.2, 0.25) is 0 Å². The van der Waals surface area contributed by atoms with Gasteiger partial charge in [-0.05, 0) is 24.5 Å². The Bertz CT molecular complexity index is 603. The van der Waals surface area contributed by atoms with Crippen LogP contribution in [0.3, 0.4) is 0 Å². The van der Waals surface area contributed by atoms with Gasteiger partial charge in [0, 0.05) is 16.6 Å². The van der Waals surface area contributed by atoms with E-state index in [0.29, 0.717) is 23.0 Å². The van der Waals surface area contributed by atoms with E-state index in [2.05, 4.69) is 25.2 Å². The first-order valence-corrected chi connectivity index (χ1v) is 7.41. The molecule has 0 bridgehead atoms. The molecular formula is C15H20N2OS. The zero-order valence-electron chi connectivity index (χ0n) is 11.6. The fourth-order valence-corrected chi connectivity index (χ4v) is 3.02. The van der Waals surface area contributed by atoms with Crippen LogP contribution >= 0.6 is 11.3 Å². The average molecular weight is 276 g/mol. The van der Waals surface area contributed by atoms with Crippen molar-refractivity contribution in [2.45, 2.75) is 27.2 Å². The maximum absolute atomic E-state index is 12.2. The molecule has 0 spiro atoms. The van der Waals surface area contributed by atoms with E-state index < -0.39 is 0 Å². The molecule has 2 rings (SSSR count). The van der Waals surface area contributed by atoms with Gasteiger partial charge in [0.25, 0.3) is 5.91 Å². The molecule has 1 heterocycles. The molecule has 0 fully saturated rings. The number of aryl methyl sites for hydroxylation is 1. The lowest BCUT2D eigenvalue weighted by atomic mass is 10.1. The molecule has 1 aromatic heterocycles. The quantitative estimate of drug-likeness (QED) is 0.897. The number of nitrogens with two attached hydrogens (primary N) is 1. The average Bonchev–Trinajstić information content (AvgIpc) is 2.72. The van der Waals surface area contributed by atoms with Crippen LogP contribution in [0.25, 0.3) is 10.1 Å². The number of nitrogen functional groups attached to an aromatic ring is 1. The SMILES string of the molecule is CCC(C)CNC(=O)c1sc2cc(C)ccc2c1N. The molecule has 3 N–H and O–H groups in total. The number of hydrogen-bond acceptors (Lipinski definition) is 3. The minimum Gasteiger partial charge on any atom is -0.397 e. The van der Waals surface area contributed by atoms with Gasteiger partial charge in [-0.15, -0.1) is 11.3 Å². The van der Waals surface area contributed by atoms with Crippen molar-refractivity contribution in [3.05, 3.63) is 28.6 Å². The van der Waals surface area contributed by atoms with Crippen molar-refractivity contribution in [1.82, 2.24) is 5.32 Å². The highest BCUT2D eigenvalue weighted by Crippen LogP contribution is 2.34. The van der Waals surface area contributed by atoms with Gasteiger partial charge < -0.3 is 11.1 Å². The summed E-state index contributed by atoms with van der Waals surface area (Å²) in [5.41, 5.74) is 7.86. The highest BCUT2D eigenvalue weighted by atomic mass is 32.1. The maximum Gasteiger partial charge on any atom is 0.263 e. The smallest absolute Gasteiger partial charge is 0.263 e. The minimum absolute atomic E-state index is 0.0587. The topological polar surface area (TPSA) is 55.1 Å². The maximum atomic E-state index is 12.2. The van der Waals surface area contributed by atoms with Gasteiger partial charge in [-0.3, -0.25) is 4.79 Å². The van der Waals surface area contributed by atoms with Crippen LogP contribution in [-0.2, 0) is 0 Å². The van der Waals surface area contributed by atoms with Gasteiger partial charge in [0.1, 0.15) is 4.88 Å². The Labute approximate surface area is 117 Å². The molecular weight excluding hydrogens is 256 g/mol. The molecule has 2 aromatic rings. The first kappa shape index (κ1) is 13.9. The summed E-state index contributed by atoms with van der Waals surface area (Å²) in [6.07, 6.45) is 1.06. The van der Waals surface area contributed by atoms with Gasteiger partial charge in [-0.25, -0.2) is 0 Å². The third-order valence-electron chi connectivity index (χ3n) is 3.40. The summed E-state index contributed by atoms with van der Waals surface area (Å²) in [5, 5.41) is 3.93. The number of amides is 1. The second-order valence-corrected chi connectivity index (χ2v) is 6.12. The second-order valence-electron chi connectivity index (χ2n) is 5.07. The monoisotopic (exact) mass is 276 g/mol. The Morgan fingerprint density at radius 2 is 2.21 bits per heavy atom. The van der Waals surface area contributed by atoms with E-state index in [1.807, 2.05) is 19.1 Å². The standard InChI is InChI=1S/C15H20N2OS/c1-4-9(2)8-17-15(18)14-13(16)11-6-5-10(3)7-12(11)19-14/h5-7,9H,4,8,16H2,1-3H3,(H,17,18). The molecule has 3 nitrogen and oxygen atoms in total. The summed E-state index contributed by atoms with van der Waals surface area (Å²) in [5.74, 6) is 0.429. The van der Waals surface area contributed by atoms with Crippen molar-refractivity contribution in [2.75, 3.05) is 12.3 Å². The number of fused-ring (bicyclic) bond motifs is 1. The van der Waals surface area contributed by atoms with Crippen molar-refractivity contribution in [1.29, 1.82) is 0 Å². The Balaban J connectivity index is 2.25. The molecule has 0 aliphatic rings. The van der Waals surface area contributed by atoms with E-state index in [4.69, 9.17) is 5.73 Å². The first-order valence-electron chi connectivity index (χ1n) is 6.59. The molecule has 4 heteroatoms. The lowest BCUT2D eigenvalue weighted by molar-refractivity contribution is 0.0953. The number of carbonyl (C=O) groups is 1. The lowest BCUT2D eigenvalue weighted by Gasteiger charge is -2.09. The molecule has 0 saturated heterocycles. The number of hydrogen-bond donors (Lipinski definition) is 2. The third kappa shape index (κ3) is 2.89. The van der Waals surface area contributed by atoms with Gasteiger partial charge >= 0.3 is 0 Å². The van der Waals surface area contributed by atoms with Gasteiger partial charge in [-0.2, -0.15) is 0 Å². The van der Waals surface area contributed by atoms with E-state index in [0.717, 1.165) is 16.5 Å². The number of benzene rings is 1. The minimum atomic E-state index is -0.0587. The third-order valence-corrected chi connectivity index (χ3v) is 4.57. The molecule has 0 aliphatic carbocycles. The van der Waals surface area contributed by atoms with Crippen LogP contribution in [0, 0.1) is 12.8 Å². The van der Waals surface area contributed by atoms with Gasteiger partial charge in [0.05, 0.1) is 5.69 Å². The van der Waals surface area contributed by atoms with Crippen LogP contribution in [0.1, 0.15) is 35.5 Å². The molecule has 0 saturated carbocycles. The number of rotatable bonds is 4. The molecule has 1 unspecified atom stereocenters. The van der Waals surface area contributed by atoms with Crippen LogP contribution in [0.5, 0.6) is 0 Å². The molecule has 0 radical (unpaired) electrons. The van der Waals surface area contributed by atoms with E-state index in [1.54, 1.807) is 0 Å². The second kappa shape index (κ2) is 5.61. The Hall–Kier alpha value is -1.55. The normalized spacial score (nSPS) is 12.6. The Morgan fingerprint density at radius 1 is 1.47 bits per heavy atom. The predicted octanol–water partition coefficient (Wildman–Crippen LogP) is 3.57. The number of nitrogens with one attached hydrogen (secondary N) is 1. The summed E-state index contributed by atoms with van der Waals surface area (Å²) in [4.78, 5) is 12.8. The summed E-state index contributed by atoms with van der Waals surface area (Å²) in [6.45, 7) is 6.98. The molecule has 19 heavy (non-hydrogen) atoms. The molecule has 102 valence electrons. The fourth-order valence-electron chi connectivity index (χ4n) is 1.88. The highest BCUT2D eigenvalue weighted by molar-refractivity contribution is 7.21. The van der Waals surface area contributed by atoms with E-state index in [-0.39, 0.29) is 5.91 Å². The first-order chi connectivity index (χ1) is 9.02. The number of anilines is 1. The summed E-state index contributed by atoms with van der Waals surface area (Å²) in [7, 11) is 0. The van der Waals surface area contributed by atoms with Crippen molar-refractivity contribution in [2.24, 2.45) is 5.92 Å². The van der Waals surface area contributed by atoms with Crippen LogP contribution in [0.15, 0.2) is 18.2 Å². The number of carbonyl (C=O) groups excluding carboxylic acids is 1. The van der Waals surface area contributed by atoms with Crippen LogP contribution < -0.4 is 11.1 Å². The zero-order chi connectivity index (χ0) is 14.0. The van der Waals surface area contributed by atoms with Crippen molar-refractivity contribution >= 4 is 33.0 Å². The van der Waals surface area contributed by atoms with Crippen LogP contribution in [0.2, 0.25) is 0 Å². The van der Waals surface area contributed by atoms with Crippen molar-refractivity contribution < 1.29 is 4.79 Å². The molecule has 1 aromatic carbocycles. The largest absolute Gasteiger partial charge is 0.397 e. The van der Waals surface area contributed by atoms with Crippen molar-refractivity contribution in [3.63, 3.8) is 0 Å². The Kier molecular flexibility index (Phi) is 4.10. The summed E-state index contributed by atoms with van der Waals surface area (Å²) in [6, 6.07) is 6.08. The Morgan fingerprint density at radius 3 is 2.89 bits per heavy atom. The predicted molar refractivity (Wildman–Crippen MR) is 82.8 cm³/mol. The highest BCUT2D eigenvalue weighted by Gasteiger charge is 2.16. The molecule has 1 amide bonds. The van der Waals surface area contributed by atoms with E-state index in [1.165, 1.54) is 16.9 Å². The van der Waals surface area contributed by atoms with E-state index in [9.17, 15) is 4.79 Å². The van der Waals surface area contributed by atoms with Crippen molar-refractivity contribution in [3.8, 4) is 0 Å². The lowest BCUT2D eigenvalue weighted by Crippen LogP contribution is -2.27. The fraction of sp³-hybridized carbons (Fsp3) is 0.400. The van der Waals surface area contributed by atoms with Gasteiger partial charge in [0.15, 0.2) is 0 Å². The van der Waals surface area contributed by atoms with Crippen LogP contribution in [0.4, 0.5) is 5.69 Å². The zero-order valence-corrected chi connectivity index (χ0v) is 12.4. The number of thiophene rings is 1. The summed E-state index contributed by atoms with van der Waals surface area (Å²) < 4.78 is 1.08. The van der Waals surface area contributed by atoms with E-state index >= 15 is 0 Å². The molecule has 1 atom stereocenters. The van der Waals surface area contributed by atoms with Gasteiger partial charge in [-0.1, -0.05) is 32.4 Å². The molecule has 0 aliphatic heterocycles. The van der Waals surface area contributed by atoms with Crippen LogP contribution in [-0.4, -0.2) is 12.5 Å². The summed E-state index contributed by atoms with van der Waals surface area (Å²) >= 11 is 1.47.